The Morgan fingerprint density at radius 2 is 1.52 bits per heavy atom. The van der Waals surface area contributed by atoms with Gasteiger partial charge in [-0.2, -0.15) is 0 Å². The highest BCUT2D eigenvalue weighted by Gasteiger charge is 2.47. The Labute approximate surface area is 141 Å². The second kappa shape index (κ2) is 6.42. The Morgan fingerprint density at radius 1 is 0.957 bits per heavy atom. The number of rotatable bonds is 4. The number of carbonyl (C=O) groups is 1. The van der Waals surface area contributed by atoms with Gasteiger partial charge in [-0.3, -0.25) is 4.79 Å². The normalized spacial score (nSPS) is 22.2. The van der Waals surface area contributed by atoms with Gasteiger partial charge in [0.25, 0.3) is 0 Å². The Kier molecular flexibility index (Phi) is 4.67. The molecule has 0 atom stereocenters. The van der Waals surface area contributed by atoms with Crippen LogP contribution in [0.25, 0.3) is 0 Å². The number of hydrogen-bond acceptors (Lipinski definition) is 1. The van der Waals surface area contributed by atoms with Crippen LogP contribution >= 0.6 is 0 Å². The average molecular weight is 312 g/mol. The van der Waals surface area contributed by atoms with Crippen molar-refractivity contribution < 1.29 is 4.79 Å². The van der Waals surface area contributed by atoms with Crippen LogP contribution < -0.4 is 0 Å². The van der Waals surface area contributed by atoms with Crippen molar-refractivity contribution in [2.45, 2.75) is 84.5 Å². The number of ketones is 1. The first-order valence-electron chi connectivity index (χ1n) is 9.59. The van der Waals surface area contributed by atoms with Crippen LogP contribution in [0.15, 0.2) is 24.3 Å². The Hall–Kier alpha value is -1.11. The summed E-state index contributed by atoms with van der Waals surface area (Å²) in [6, 6.07) is 8.62. The van der Waals surface area contributed by atoms with E-state index in [4.69, 9.17) is 0 Å². The molecule has 0 bridgehead atoms. The third kappa shape index (κ3) is 3.12. The molecule has 0 heterocycles. The molecule has 0 N–H and O–H groups in total. The summed E-state index contributed by atoms with van der Waals surface area (Å²) in [5, 5.41) is 0. The van der Waals surface area contributed by atoms with Crippen LogP contribution in [0, 0.1) is 10.8 Å². The Balaban J connectivity index is 1.77. The van der Waals surface area contributed by atoms with E-state index in [9.17, 15) is 4.79 Å². The molecule has 2 aliphatic rings. The molecule has 0 aromatic heterocycles. The topological polar surface area (TPSA) is 17.1 Å². The fraction of sp³-hybridized carbons (Fsp3) is 0.682. The van der Waals surface area contributed by atoms with Gasteiger partial charge in [-0.05, 0) is 42.6 Å². The van der Waals surface area contributed by atoms with Crippen molar-refractivity contribution in [2.75, 3.05) is 0 Å². The number of carbonyl (C=O) groups excluding carboxylic acids is 1. The van der Waals surface area contributed by atoms with Gasteiger partial charge in [0.15, 0.2) is 5.78 Å². The van der Waals surface area contributed by atoms with E-state index in [0.717, 1.165) is 5.56 Å². The minimum Gasteiger partial charge on any atom is -0.294 e. The first-order valence-corrected chi connectivity index (χ1v) is 9.59. The molecule has 0 unspecified atom stereocenters. The number of Topliss-reactive ketones (excluding diaryl/α,β-unsaturated/α-hetero) is 1. The van der Waals surface area contributed by atoms with Crippen molar-refractivity contribution in [1.29, 1.82) is 0 Å². The lowest BCUT2D eigenvalue weighted by atomic mass is 9.62. The largest absolute Gasteiger partial charge is 0.294 e. The quantitative estimate of drug-likeness (QED) is 0.578. The molecular formula is C22H32O. The van der Waals surface area contributed by atoms with Gasteiger partial charge in [-0.15, -0.1) is 0 Å². The predicted molar refractivity (Wildman–Crippen MR) is 97.0 cm³/mol. The van der Waals surface area contributed by atoms with Crippen molar-refractivity contribution in [2.24, 2.45) is 10.8 Å². The number of hydrogen-bond donors (Lipinski definition) is 0. The molecule has 2 fully saturated rings. The monoisotopic (exact) mass is 312 g/mol. The van der Waals surface area contributed by atoms with Crippen LogP contribution in [-0.4, -0.2) is 5.78 Å². The van der Waals surface area contributed by atoms with Crippen molar-refractivity contribution in [3.63, 3.8) is 0 Å². The minimum absolute atomic E-state index is 0.159. The third-order valence-electron chi connectivity index (χ3n) is 7.03. The van der Waals surface area contributed by atoms with E-state index in [-0.39, 0.29) is 10.8 Å². The maximum Gasteiger partial charge on any atom is 0.168 e. The Morgan fingerprint density at radius 3 is 2.09 bits per heavy atom. The lowest BCUT2D eigenvalue weighted by Gasteiger charge is -2.40. The fourth-order valence-corrected chi connectivity index (χ4v) is 4.76. The molecule has 0 saturated heterocycles. The molecule has 0 radical (unpaired) electrons. The zero-order valence-corrected chi connectivity index (χ0v) is 15.2. The molecule has 1 aromatic carbocycles. The number of benzene rings is 1. The van der Waals surface area contributed by atoms with Gasteiger partial charge >= 0.3 is 0 Å². The highest BCUT2D eigenvalue weighted by atomic mass is 16.1. The van der Waals surface area contributed by atoms with E-state index in [1.807, 2.05) is 0 Å². The summed E-state index contributed by atoms with van der Waals surface area (Å²) in [4.78, 5) is 13.1. The van der Waals surface area contributed by atoms with E-state index in [1.54, 1.807) is 0 Å². The predicted octanol–water partition coefficient (Wildman–Crippen LogP) is 6.52. The summed E-state index contributed by atoms with van der Waals surface area (Å²) in [7, 11) is 0. The highest BCUT2D eigenvalue weighted by molar-refractivity contribution is 6.00. The van der Waals surface area contributed by atoms with Crippen molar-refractivity contribution in [3.05, 3.63) is 35.4 Å². The second-order valence-corrected chi connectivity index (χ2v) is 8.68. The van der Waals surface area contributed by atoms with E-state index < -0.39 is 0 Å². The van der Waals surface area contributed by atoms with Gasteiger partial charge < -0.3 is 0 Å². The van der Waals surface area contributed by atoms with Gasteiger partial charge in [-0.1, -0.05) is 77.1 Å². The lowest BCUT2D eigenvalue weighted by molar-refractivity contribution is 0.0540. The van der Waals surface area contributed by atoms with Crippen LogP contribution in [0.1, 0.15) is 100 Å². The summed E-state index contributed by atoms with van der Waals surface area (Å²) < 4.78 is 0. The molecule has 2 aliphatic carbocycles. The van der Waals surface area contributed by atoms with Gasteiger partial charge in [0, 0.05) is 11.0 Å². The van der Waals surface area contributed by atoms with Crippen LogP contribution in [0.4, 0.5) is 0 Å². The third-order valence-corrected chi connectivity index (χ3v) is 7.03. The first kappa shape index (κ1) is 16.7. The van der Waals surface area contributed by atoms with Gasteiger partial charge in [-0.25, -0.2) is 0 Å². The smallest absolute Gasteiger partial charge is 0.168 e. The fourth-order valence-electron chi connectivity index (χ4n) is 4.76. The summed E-state index contributed by atoms with van der Waals surface area (Å²) in [6.07, 6.45) is 11.7. The van der Waals surface area contributed by atoms with E-state index in [0.29, 0.717) is 11.7 Å². The Bertz CT molecular complexity index is 540. The minimum atomic E-state index is -0.268. The average Bonchev–Trinajstić information content (AvgIpc) is 3.04. The molecule has 126 valence electrons. The van der Waals surface area contributed by atoms with Crippen molar-refractivity contribution in [1.82, 2.24) is 0 Å². The van der Waals surface area contributed by atoms with E-state index in [2.05, 4.69) is 45.0 Å². The molecule has 1 aromatic rings. The van der Waals surface area contributed by atoms with Gasteiger partial charge in [0.2, 0.25) is 0 Å². The van der Waals surface area contributed by atoms with E-state index >= 15 is 0 Å². The van der Waals surface area contributed by atoms with Crippen LogP contribution in [-0.2, 0) is 0 Å². The standard InChI is InChI=1S/C22H32O/c1-21(2,22(3)15-7-8-16-22)20(23)19-13-11-18(12-14-19)17-9-5-4-6-10-17/h11-14,17H,4-10,15-16H2,1-3H3. The molecule has 0 aliphatic heterocycles. The van der Waals surface area contributed by atoms with Crippen molar-refractivity contribution in [3.8, 4) is 0 Å². The summed E-state index contributed by atoms with van der Waals surface area (Å²) >= 11 is 0. The first-order chi connectivity index (χ1) is 10.9. The summed E-state index contributed by atoms with van der Waals surface area (Å²) in [6.45, 7) is 6.64. The molecule has 0 spiro atoms. The van der Waals surface area contributed by atoms with Crippen molar-refractivity contribution >= 4 is 5.78 Å². The zero-order chi connectivity index (χ0) is 16.5. The second-order valence-electron chi connectivity index (χ2n) is 8.68. The highest BCUT2D eigenvalue weighted by Crippen LogP contribution is 2.52. The SMILES string of the molecule is CC1(C(C)(C)C(=O)c2ccc(C3CCCCC3)cc2)CCCC1. The molecule has 23 heavy (non-hydrogen) atoms. The van der Waals surface area contributed by atoms with Crippen LogP contribution in [0.2, 0.25) is 0 Å². The molecular weight excluding hydrogens is 280 g/mol. The molecule has 1 nitrogen and oxygen atoms in total. The molecule has 1 heteroatoms. The molecule has 2 saturated carbocycles. The molecule has 0 amide bonds. The van der Waals surface area contributed by atoms with Gasteiger partial charge in [0.1, 0.15) is 0 Å². The van der Waals surface area contributed by atoms with Crippen LogP contribution in [0.5, 0.6) is 0 Å². The van der Waals surface area contributed by atoms with E-state index in [1.165, 1.54) is 63.4 Å². The summed E-state index contributed by atoms with van der Waals surface area (Å²) in [5.41, 5.74) is 2.23. The lowest BCUT2D eigenvalue weighted by Crippen LogP contribution is -2.40. The molecule has 3 rings (SSSR count). The zero-order valence-electron chi connectivity index (χ0n) is 15.2. The maximum absolute atomic E-state index is 13.1. The summed E-state index contributed by atoms with van der Waals surface area (Å²) in [5.74, 6) is 1.05. The van der Waals surface area contributed by atoms with Gasteiger partial charge in [0.05, 0.1) is 0 Å². The van der Waals surface area contributed by atoms with Crippen LogP contribution in [0.3, 0.4) is 0 Å². The maximum atomic E-state index is 13.1.